The summed E-state index contributed by atoms with van der Waals surface area (Å²) in [5.41, 5.74) is 0. The maximum atomic E-state index is 7.85. The van der Waals surface area contributed by atoms with Gasteiger partial charge in [-0.1, -0.05) is 128 Å². The molecule has 150 valence electrons. The lowest BCUT2D eigenvalue weighted by molar-refractivity contribution is 0.981. The Morgan fingerprint density at radius 3 is 0.933 bits per heavy atom. The van der Waals surface area contributed by atoms with Crippen molar-refractivity contribution in [3.05, 3.63) is 121 Å². The first-order valence-corrected chi connectivity index (χ1v) is 13.3. The highest BCUT2D eigenvalue weighted by molar-refractivity contribution is 7.93. The first-order valence-electron chi connectivity index (χ1n) is 10.2. The predicted octanol–water partition coefficient (Wildman–Crippen LogP) is 6.55. The van der Waals surface area contributed by atoms with Crippen molar-refractivity contribution < 1.29 is 0 Å². The van der Waals surface area contributed by atoms with Crippen LogP contribution in [0.2, 0.25) is 0 Å². The third-order valence-electron chi connectivity index (χ3n) is 5.19. The standard InChI is InChI=1S/C27H25ClP2/c1-2-27(28,29(23-15-7-3-8-16-23)24-17-9-4-10-18-24)30(25-19-11-5-12-20-25)26-21-13-6-14-22-26/h3-22H,2H2,1H3. The van der Waals surface area contributed by atoms with Crippen molar-refractivity contribution >= 4 is 48.7 Å². The number of rotatable bonds is 7. The summed E-state index contributed by atoms with van der Waals surface area (Å²) >= 11 is 7.85. The topological polar surface area (TPSA) is 0 Å². The average molecular weight is 447 g/mol. The highest BCUT2D eigenvalue weighted by atomic mass is 35.5. The van der Waals surface area contributed by atoms with Gasteiger partial charge in [0.2, 0.25) is 0 Å². The molecule has 0 amide bonds. The van der Waals surface area contributed by atoms with Crippen molar-refractivity contribution in [1.82, 2.24) is 0 Å². The molecule has 0 aliphatic rings. The molecule has 0 bridgehead atoms. The molecule has 0 aromatic heterocycles. The summed E-state index contributed by atoms with van der Waals surface area (Å²) < 4.78 is -0.407. The van der Waals surface area contributed by atoms with Crippen LogP contribution in [-0.4, -0.2) is 4.36 Å². The number of hydrogen-bond acceptors (Lipinski definition) is 0. The van der Waals surface area contributed by atoms with Crippen LogP contribution in [0.5, 0.6) is 0 Å². The van der Waals surface area contributed by atoms with Crippen LogP contribution in [0.1, 0.15) is 13.3 Å². The summed E-state index contributed by atoms with van der Waals surface area (Å²) in [6.07, 6.45) is 0.888. The van der Waals surface area contributed by atoms with Gasteiger partial charge in [-0.15, -0.1) is 11.6 Å². The van der Waals surface area contributed by atoms with Gasteiger partial charge in [0.1, 0.15) is 0 Å². The van der Waals surface area contributed by atoms with Crippen molar-refractivity contribution in [2.75, 3.05) is 0 Å². The molecule has 0 aliphatic carbocycles. The lowest BCUT2D eigenvalue weighted by Gasteiger charge is -2.42. The summed E-state index contributed by atoms with van der Waals surface area (Å²) in [4.78, 5) is 0. The van der Waals surface area contributed by atoms with Crippen molar-refractivity contribution in [1.29, 1.82) is 0 Å². The Morgan fingerprint density at radius 2 is 0.733 bits per heavy atom. The van der Waals surface area contributed by atoms with E-state index in [0.717, 1.165) is 6.42 Å². The Labute approximate surface area is 187 Å². The van der Waals surface area contributed by atoms with E-state index in [1.54, 1.807) is 0 Å². The first kappa shape index (κ1) is 21.3. The number of alkyl halides is 1. The van der Waals surface area contributed by atoms with Crippen LogP contribution >= 0.6 is 27.4 Å². The fraction of sp³-hybridized carbons (Fsp3) is 0.111. The summed E-state index contributed by atoms with van der Waals surface area (Å²) in [7, 11) is -1.58. The van der Waals surface area contributed by atoms with Gasteiger partial charge in [0, 0.05) is 0 Å². The minimum atomic E-state index is -0.789. The van der Waals surface area contributed by atoms with Crippen molar-refractivity contribution in [3.8, 4) is 0 Å². The second kappa shape index (κ2) is 9.89. The third kappa shape index (κ3) is 4.38. The summed E-state index contributed by atoms with van der Waals surface area (Å²) in [5.74, 6) is 0. The van der Waals surface area contributed by atoms with E-state index in [9.17, 15) is 0 Å². The van der Waals surface area contributed by atoms with Gasteiger partial charge < -0.3 is 0 Å². The van der Waals surface area contributed by atoms with Gasteiger partial charge in [-0.05, 0) is 43.5 Å². The summed E-state index contributed by atoms with van der Waals surface area (Å²) in [6, 6.07) is 43.4. The largest absolute Gasteiger partial charge is 0.108 e. The Morgan fingerprint density at radius 1 is 0.500 bits per heavy atom. The number of hydrogen-bond donors (Lipinski definition) is 0. The molecule has 0 saturated heterocycles. The second-order valence-corrected chi connectivity index (χ2v) is 13.5. The quantitative estimate of drug-likeness (QED) is 0.223. The molecule has 0 heterocycles. The molecule has 0 fully saturated rings. The van der Waals surface area contributed by atoms with Crippen molar-refractivity contribution in [2.24, 2.45) is 0 Å². The van der Waals surface area contributed by atoms with Gasteiger partial charge in [-0.3, -0.25) is 0 Å². The minimum Gasteiger partial charge on any atom is -0.108 e. The van der Waals surface area contributed by atoms with Crippen LogP contribution in [0, 0.1) is 0 Å². The Kier molecular flexibility index (Phi) is 7.01. The average Bonchev–Trinajstić information content (AvgIpc) is 2.82. The van der Waals surface area contributed by atoms with Crippen LogP contribution in [0.4, 0.5) is 0 Å². The van der Waals surface area contributed by atoms with Crippen LogP contribution < -0.4 is 21.2 Å². The molecule has 30 heavy (non-hydrogen) atoms. The molecule has 4 aromatic carbocycles. The van der Waals surface area contributed by atoms with Crippen molar-refractivity contribution in [2.45, 2.75) is 17.7 Å². The van der Waals surface area contributed by atoms with Gasteiger partial charge in [0.05, 0.1) is 4.36 Å². The SMILES string of the molecule is CCC(Cl)(P(c1ccccc1)c1ccccc1)P(c1ccccc1)c1ccccc1. The smallest absolute Gasteiger partial charge is 0.0992 e. The van der Waals surface area contributed by atoms with Crippen molar-refractivity contribution in [3.63, 3.8) is 0 Å². The predicted molar refractivity (Wildman–Crippen MR) is 137 cm³/mol. The molecule has 0 spiro atoms. The third-order valence-corrected chi connectivity index (χ3v) is 12.9. The molecule has 0 unspecified atom stereocenters. The molecule has 4 rings (SSSR count). The minimum absolute atomic E-state index is 0.407. The lowest BCUT2D eigenvalue weighted by Crippen LogP contribution is -2.34. The zero-order valence-electron chi connectivity index (χ0n) is 17.0. The fourth-order valence-electron chi connectivity index (χ4n) is 3.81. The highest BCUT2D eigenvalue weighted by Gasteiger charge is 2.45. The number of halogens is 1. The lowest BCUT2D eigenvalue weighted by atomic mass is 10.4. The Balaban J connectivity index is 1.95. The zero-order chi connectivity index (χ0) is 20.8. The molecule has 0 saturated carbocycles. The maximum absolute atomic E-state index is 7.85. The molecule has 0 aliphatic heterocycles. The van der Waals surface area contributed by atoms with E-state index in [4.69, 9.17) is 11.6 Å². The van der Waals surface area contributed by atoms with Gasteiger partial charge in [-0.2, -0.15) is 0 Å². The molecular weight excluding hydrogens is 422 g/mol. The van der Waals surface area contributed by atoms with Crippen LogP contribution in [0.25, 0.3) is 0 Å². The normalized spacial score (nSPS) is 11.7. The summed E-state index contributed by atoms with van der Waals surface area (Å²) in [5, 5.41) is 5.31. The van der Waals surface area contributed by atoms with Crippen LogP contribution in [0.15, 0.2) is 121 Å². The van der Waals surface area contributed by atoms with Crippen LogP contribution in [0.3, 0.4) is 0 Å². The van der Waals surface area contributed by atoms with E-state index in [2.05, 4.69) is 128 Å². The van der Waals surface area contributed by atoms with E-state index in [-0.39, 0.29) is 0 Å². The highest BCUT2D eigenvalue weighted by Crippen LogP contribution is 2.69. The van der Waals surface area contributed by atoms with Gasteiger partial charge >= 0.3 is 0 Å². The van der Waals surface area contributed by atoms with Crippen LogP contribution in [-0.2, 0) is 0 Å². The van der Waals surface area contributed by atoms with E-state index in [1.807, 2.05) is 0 Å². The number of benzene rings is 4. The zero-order valence-corrected chi connectivity index (χ0v) is 19.6. The molecule has 0 atom stereocenters. The Bertz CT molecular complexity index is 875. The van der Waals surface area contributed by atoms with E-state index in [0.29, 0.717) is 0 Å². The molecular formula is C27H25ClP2. The van der Waals surface area contributed by atoms with E-state index in [1.165, 1.54) is 21.2 Å². The monoisotopic (exact) mass is 446 g/mol. The molecule has 4 aromatic rings. The molecule has 3 heteroatoms. The van der Waals surface area contributed by atoms with E-state index < -0.39 is 20.2 Å². The van der Waals surface area contributed by atoms with Gasteiger partial charge in [0.15, 0.2) is 0 Å². The second-order valence-electron chi connectivity index (χ2n) is 7.09. The molecule has 0 N–H and O–H groups in total. The fourth-order valence-corrected chi connectivity index (χ4v) is 11.9. The molecule has 0 radical (unpaired) electrons. The van der Waals surface area contributed by atoms with E-state index >= 15 is 0 Å². The summed E-state index contributed by atoms with van der Waals surface area (Å²) in [6.45, 7) is 2.25. The van der Waals surface area contributed by atoms with Gasteiger partial charge in [0.25, 0.3) is 0 Å². The molecule has 0 nitrogen and oxygen atoms in total. The maximum Gasteiger partial charge on any atom is 0.0992 e. The first-order chi connectivity index (χ1) is 14.7. The Hall–Kier alpha value is -1.97. The van der Waals surface area contributed by atoms with Gasteiger partial charge in [-0.25, -0.2) is 0 Å².